The molecule has 0 atom stereocenters. The van der Waals surface area contributed by atoms with Gasteiger partial charge in [0, 0.05) is 33.8 Å². The van der Waals surface area contributed by atoms with Gasteiger partial charge in [0.1, 0.15) is 17.2 Å². The summed E-state index contributed by atoms with van der Waals surface area (Å²) in [7, 11) is 12.2. The summed E-state index contributed by atoms with van der Waals surface area (Å²) in [6.07, 6.45) is 0. The predicted octanol–water partition coefficient (Wildman–Crippen LogP) is -2.26. The van der Waals surface area contributed by atoms with E-state index < -0.39 is 8.32 Å². The number of ether oxygens (including phenoxy) is 12. The van der Waals surface area contributed by atoms with Crippen LogP contribution in [0.1, 0.15) is 0 Å². The molecule has 0 aromatic heterocycles. The molecule has 46 heavy (non-hydrogen) atoms. The molecule has 0 N–H and O–H groups in total. The fourth-order valence-corrected chi connectivity index (χ4v) is 9.18. The summed E-state index contributed by atoms with van der Waals surface area (Å²) in [5.74, 6) is 1.74. The molecule has 0 saturated carbocycles. The third-order valence-corrected chi connectivity index (χ3v) is 10.6. The monoisotopic (exact) mass is 694 g/mol. The van der Waals surface area contributed by atoms with Crippen molar-refractivity contribution < 1.29 is 74.0 Å². The maximum atomic E-state index is 16.8. The van der Waals surface area contributed by atoms with Gasteiger partial charge in [-0.15, -0.1) is 0 Å². The van der Waals surface area contributed by atoms with Crippen molar-refractivity contribution in [1.82, 2.24) is 0 Å². The Hall–Kier alpha value is -3.51. The second kappa shape index (κ2) is 17.4. The van der Waals surface area contributed by atoms with Gasteiger partial charge in [0.05, 0.1) is 93.6 Å². The van der Waals surface area contributed by atoms with E-state index in [1.807, 2.05) is 0 Å². The molecule has 16 heteroatoms. The van der Waals surface area contributed by atoms with Gasteiger partial charge in [0.25, 0.3) is 0 Å². The Labute approximate surface area is 292 Å². The number of halogens is 1. The first-order chi connectivity index (χ1) is 21.2. The van der Waals surface area contributed by atoms with Gasteiger partial charge in [0.15, 0.2) is 34.5 Å². The molecule has 0 amide bonds. The van der Waals surface area contributed by atoms with Crippen LogP contribution in [0.3, 0.4) is 0 Å². The molecule has 0 bridgehead atoms. The fourth-order valence-electron chi connectivity index (χ4n) is 5.26. The Bertz CT molecular complexity index is 1320. The maximum Gasteiger partial charge on any atom is 2.00 e. The van der Waals surface area contributed by atoms with E-state index in [0.29, 0.717) is 0 Å². The molecule has 0 aliphatic carbocycles. The average Bonchev–Trinajstić information content (AvgIpc) is 3.07. The Morgan fingerprint density at radius 1 is 0.348 bits per heavy atom. The second-order valence-electron chi connectivity index (χ2n) is 8.85. The fraction of sp³-hybridized carbons (Fsp3) is 0.400. The molecule has 3 aromatic carbocycles. The van der Waals surface area contributed by atoms with E-state index in [1.165, 1.54) is 104 Å². The number of hydrogen-bond acceptors (Lipinski definition) is 13. The second-order valence-corrected chi connectivity index (χ2v) is 11.7. The summed E-state index contributed by atoms with van der Waals surface area (Å²) in [4.78, 5) is 16.8. The Morgan fingerprint density at radius 2 is 0.543 bits per heavy atom. The molecule has 3 rings (SSSR count). The molecule has 3 aromatic rings. The maximum absolute atomic E-state index is 16.8. The van der Waals surface area contributed by atoms with Crippen LogP contribution >= 0.6 is 0 Å². The smallest absolute Gasteiger partial charge is 1.00 e. The Balaban J connectivity index is 0.00000529. The van der Waals surface area contributed by atoms with Crippen LogP contribution in [0, 0.1) is 0 Å². The van der Waals surface area contributed by atoms with E-state index in [4.69, 9.17) is 56.8 Å². The molecular formula is C30H39ClMgO13Si. The first kappa shape index (κ1) is 40.5. The van der Waals surface area contributed by atoms with E-state index >= 15 is 4.80 Å². The zero-order valence-corrected chi connectivity index (χ0v) is 31.3. The molecule has 250 valence electrons. The summed E-state index contributed by atoms with van der Waals surface area (Å²) in [5, 5.41) is 0.188. The zero-order valence-electron chi connectivity index (χ0n) is 28.1. The van der Waals surface area contributed by atoms with Crippen molar-refractivity contribution in [3.63, 3.8) is 0 Å². The molecule has 0 saturated heterocycles. The van der Waals surface area contributed by atoms with Crippen molar-refractivity contribution in [1.29, 1.82) is 0 Å². The van der Waals surface area contributed by atoms with Gasteiger partial charge < -0.3 is 74.0 Å². The largest absolute Gasteiger partial charge is 2.00 e. The van der Waals surface area contributed by atoms with E-state index in [0.717, 1.165) is 0 Å². The van der Waals surface area contributed by atoms with Crippen molar-refractivity contribution in [3.8, 4) is 69.0 Å². The van der Waals surface area contributed by atoms with Crippen LogP contribution in [0.25, 0.3) is 0 Å². The number of benzene rings is 3. The van der Waals surface area contributed by atoms with E-state index in [9.17, 15) is 0 Å². The van der Waals surface area contributed by atoms with E-state index in [-0.39, 0.29) is 120 Å². The van der Waals surface area contributed by atoms with Crippen molar-refractivity contribution in [2.45, 2.75) is 0 Å². The van der Waals surface area contributed by atoms with Crippen molar-refractivity contribution >= 4 is 46.9 Å². The molecular weight excluding hydrogens is 656 g/mol. The van der Waals surface area contributed by atoms with Gasteiger partial charge in [-0.05, 0) is 0 Å². The van der Waals surface area contributed by atoms with Crippen LogP contribution in [0.15, 0.2) is 18.2 Å². The summed E-state index contributed by atoms with van der Waals surface area (Å²) in [5.41, 5.74) is 0. The van der Waals surface area contributed by atoms with Crippen LogP contribution in [0.5, 0.6) is 69.0 Å². The Kier molecular flexibility index (Phi) is 15.3. The normalized spacial score (nSPS) is 10.4. The summed E-state index contributed by atoms with van der Waals surface area (Å²) >= 11 is 0. The minimum Gasteiger partial charge on any atom is -1.00 e. The summed E-state index contributed by atoms with van der Waals surface area (Å²) in [6.45, 7) is 0. The summed E-state index contributed by atoms with van der Waals surface area (Å²) in [6, 6.07) is 4.61. The zero-order chi connectivity index (χ0) is 32.8. The SMILES string of the molecule is COc1cc(OC)c([Si]([O-])(c2c(OC)cc(OC)c(OC)c2OC)c2c(OC)cc(OC)c(OC)c2OC)c(OC)c1OC.[Cl-].[Mg+2]. The molecule has 13 nitrogen and oxygen atoms in total. The molecule has 0 aliphatic heterocycles. The molecule has 0 heterocycles. The molecule has 0 unspecified atom stereocenters. The van der Waals surface area contributed by atoms with Crippen molar-refractivity contribution in [3.05, 3.63) is 18.2 Å². The average molecular weight is 695 g/mol. The van der Waals surface area contributed by atoms with Crippen LogP contribution in [-0.4, -0.2) is 117 Å². The quantitative estimate of drug-likeness (QED) is 0.125. The number of methoxy groups -OCH3 is 12. The van der Waals surface area contributed by atoms with Gasteiger partial charge in [-0.2, -0.15) is 0 Å². The summed E-state index contributed by atoms with van der Waals surface area (Å²) < 4.78 is 69.2. The topological polar surface area (TPSA) is 134 Å². The van der Waals surface area contributed by atoms with Crippen LogP contribution < -0.4 is 89.6 Å². The van der Waals surface area contributed by atoms with Gasteiger partial charge in [-0.25, -0.2) is 0 Å². The molecule has 0 fully saturated rings. The molecule has 0 spiro atoms. The van der Waals surface area contributed by atoms with Crippen LogP contribution in [0.4, 0.5) is 0 Å². The van der Waals surface area contributed by atoms with Gasteiger partial charge >= 0.3 is 23.1 Å². The van der Waals surface area contributed by atoms with Crippen LogP contribution in [-0.2, 0) is 0 Å². The minimum atomic E-state index is -4.93. The Morgan fingerprint density at radius 3 is 0.696 bits per heavy atom. The first-order valence-electron chi connectivity index (χ1n) is 13.0. The third kappa shape index (κ3) is 6.51. The number of hydrogen-bond donors (Lipinski definition) is 0. The molecule has 0 aliphatic rings. The first-order valence-corrected chi connectivity index (χ1v) is 14.9. The van der Waals surface area contributed by atoms with Crippen molar-refractivity contribution in [2.75, 3.05) is 85.3 Å². The minimum absolute atomic E-state index is 0. The predicted molar refractivity (Wildman–Crippen MR) is 168 cm³/mol. The van der Waals surface area contributed by atoms with E-state index in [1.54, 1.807) is 0 Å². The third-order valence-electron chi connectivity index (χ3n) is 7.10. The standard InChI is InChI=1S/C30H39O13Si.ClH.Mg/c1-32-16-13-19(35-4)28(25(41-10)22(16)38-7)44(31,29-20(36-5)14-17(33-2)23(39-8)26(29)42-11)30-21(37-6)15-18(34-3)24(40-9)27(30)43-12;;/h13-15H,1-12H3;1H;/q-1;;+2/p-1. The molecule has 0 radical (unpaired) electrons. The van der Waals surface area contributed by atoms with E-state index in [2.05, 4.69) is 0 Å². The van der Waals surface area contributed by atoms with Gasteiger partial charge in [-0.3, -0.25) is 0 Å². The van der Waals surface area contributed by atoms with Gasteiger partial charge in [0.2, 0.25) is 17.2 Å². The van der Waals surface area contributed by atoms with Crippen LogP contribution in [0.2, 0.25) is 0 Å². The number of rotatable bonds is 15. The van der Waals surface area contributed by atoms with Crippen molar-refractivity contribution in [2.24, 2.45) is 0 Å². The van der Waals surface area contributed by atoms with Gasteiger partial charge in [-0.1, -0.05) is 0 Å².